The van der Waals surface area contributed by atoms with Crippen molar-refractivity contribution in [3.63, 3.8) is 0 Å². The Morgan fingerprint density at radius 2 is 1.66 bits per heavy atom. The van der Waals surface area contributed by atoms with Gasteiger partial charge in [0.15, 0.2) is 5.82 Å². The number of carbonyl (C=O) groups excluding carboxylic acids is 2. The van der Waals surface area contributed by atoms with Gasteiger partial charge in [0, 0.05) is 79.6 Å². The van der Waals surface area contributed by atoms with Crippen molar-refractivity contribution in [3.8, 4) is 22.6 Å². The van der Waals surface area contributed by atoms with Gasteiger partial charge in [0.2, 0.25) is 11.8 Å². The van der Waals surface area contributed by atoms with Crippen LogP contribution in [0.2, 0.25) is 0 Å². The molecule has 0 bridgehead atoms. The smallest absolute Gasteiger partial charge is 0.241 e. The van der Waals surface area contributed by atoms with Crippen molar-refractivity contribution >= 4 is 45.9 Å². The Balaban J connectivity index is 0.939. The lowest BCUT2D eigenvalue weighted by Crippen LogP contribution is -2.51. The molecule has 4 heterocycles. The largest absolute Gasteiger partial charge is 0.368 e. The van der Waals surface area contributed by atoms with Crippen LogP contribution in [0.15, 0.2) is 85.2 Å². The number of nitrogens with one attached hydrogen (secondary N) is 2. The number of hydrogen-bond acceptors (Lipinski definition) is 8. The standard InChI is InChI=1S/C35H35FN8O2S/c1-47-35(34(46)39-27-9-12-30-29(21-27)32(41-40-30)24-3-7-26(36)8-4-24)13-16-42(23-35)22-31(45)44-19-17-43(18-20-44)28-10-5-25(6-11-28)33-37-14-2-15-38-33/h2-12,14-15,21H,13,16-20,22-23H2,1H3,(H,39,46)(H,40,41). The van der Waals surface area contributed by atoms with Crippen LogP contribution in [-0.2, 0) is 9.59 Å². The van der Waals surface area contributed by atoms with Crippen LogP contribution in [-0.4, -0.2) is 98.6 Å². The summed E-state index contributed by atoms with van der Waals surface area (Å²) in [5.41, 5.74) is 5.05. The van der Waals surface area contributed by atoms with Crippen LogP contribution in [0.3, 0.4) is 0 Å². The highest BCUT2D eigenvalue weighted by Gasteiger charge is 2.44. The summed E-state index contributed by atoms with van der Waals surface area (Å²) in [5.74, 6) is 0.408. The van der Waals surface area contributed by atoms with E-state index in [1.54, 1.807) is 30.6 Å². The summed E-state index contributed by atoms with van der Waals surface area (Å²) in [7, 11) is 0. The molecular formula is C35H35FN8O2S. The van der Waals surface area contributed by atoms with Crippen molar-refractivity contribution in [2.24, 2.45) is 0 Å². The molecule has 47 heavy (non-hydrogen) atoms. The lowest BCUT2D eigenvalue weighted by atomic mass is 10.1. The van der Waals surface area contributed by atoms with Crippen molar-refractivity contribution < 1.29 is 14.0 Å². The van der Waals surface area contributed by atoms with Crippen molar-refractivity contribution in [1.82, 2.24) is 30.0 Å². The van der Waals surface area contributed by atoms with Gasteiger partial charge in [-0.05, 0) is 85.5 Å². The Morgan fingerprint density at radius 3 is 2.38 bits per heavy atom. The van der Waals surface area contributed by atoms with E-state index in [0.717, 1.165) is 40.8 Å². The van der Waals surface area contributed by atoms with E-state index in [0.29, 0.717) is 56.4 Å². The zero-order valence-corrected chi connectivity index (χ0v) is 26.8. The maximum Gasteiger partial charge on any atom is 0.241 e. The predicted molar refractivity (Wildman–Crippen MR) is 184 cm³/mol. The van der Waals surface area contributed by atoms with E-state index in [9.17, 15) is 14.0 Å². The number of H-pyrrole nitrogens is 1. The molecule has 2 aliphatic heterocycles. The second-order valence-corrected chi connectivity index (χ2v) is 13.1. The van der Waals surface area contributed by atoms with E-state index in [1.807, 2.05) is 41.5 Å². The molecule has 1 atom stereocenters. The maximum absolute atomic E-state index is 13.7. The van der Waals surface area contributed by atoms with Gasteiger partial charge in [-0.15, -0.1) is 11.8 Å². The topological polar surface area (TPSA) is 110 Å². The van der Waals surface area contributed by atoms with Gasteiger partial charge in [-0.2, -0.15) is 5.10 Å². The Labute approximate surface area is 276 Å². The van der Waals surface area contributed by atoms with Gasteiger partial charge in [0.1, 0.15) is 10.6 Å². The molecule has 2 saturated heterocycles. The first kappa shape index (κ1) is 30.8. The van der Waals surface area contributed by atoms with Gasteiger partial charge >= 0.3 is 0 Å². The molecule has 7 rings (SSSR count). The molecule has 5 aromatic rings. The number of nitrogens with zero attached hydrogens (tertiary/aromatic N) is 6. The number of thioether (sulfide) groups is 1. The quantitative estimate of drug-likeness (QED) is 0.244. The third-order valence-electron chi connectivity index (χ3n) is 9.10. The summed E-state index contributed by atoms with van der Waals surface area (Å²) < 4.78 is 12.8. The molecule has 1 unspecified atom stereocenters. The van der Waals surface area contributed by atoms with Gasteiger partial charge in [-0.1, -0.05) is 0 Å². The number of halogens is 1. The van der Waals surface area contributed by atoms with Gasteiger partial charge in [-0.25, -0.2) is 14.4 Å². The van der Waals surface area contributed by atoms with Gasteiger partial charge in [0.05, 0.1) is 17.8 Å². The number of aromatic amines is 1. The number of fused-ring (bicyclic) bond motifs is 1. The molecule has 12 heteroatoms. The second-order valence-electron chi connectivity index (χ2n) is 11.9. The second kappa shape index (κ2) is 13.1. The number of piperazine rings is 1. The van der Waals surface area contributed by atoms with Crippen LogP contribution >= 0.6 is 11.8 Å². The van der Waals surface area contributed by atoms with Crippen LogP contribution in [0.4, 0.5) is 15.8 Å². The zero-order chi connectivity index (χ0) is 32.4. The number of anilines is 2. The monoisotopic (exact) mass is 650 g/mol. The molecule has 0 aliphatic carbocycles. The summed E-state index contributed by atoms with van der Waals surface area (Å²) in [5, 5.41) is 11.4. The number of likely N-dealkylation sites (tertiary alicyclic amines) is 1. The summed E-state index contributed by atoms with van der Waals surface area (Å²) >= 11 is 1.53. The summed E-state index contributed by atoms with van der Waals surface area (Å²) in [6.07, 6.45) is 6.08. The lowest BCUT2D eigenvalue weighted by Gasteiger charge is -2.37. The predicted octanol–water partition coefficient (Wildman–Crippen LogP) is 4.92. The van der Waals surface area contributed by atoms with Crippen molar-refractivity contribution in [1.29, 1.82) is 0 Å². The van der Waals surface area contributed by atoms with Crippen LogP contribution < -0.4 is 10.2 Å². The molecule has 0 spiro atoms. The molecular weight excluding hydrogens is 616 g/mol. The van der Waals surface area contributed by atoms with Crippen LogP contribution in [0.1, 0.15) is 6.42 Å². The minimum Gasteiger partial charge on any atom is -0.368 e. The molecule has 2 amide bonds. The number of aromatic nitrogens is 4. The molecule has 10 nitrogen and oxygen atoms in total. The number of rotatable bonds is 8. The average molecular weight is 651 g/mol. The highest BCUT2D eigenvalue weighted by molar-refractivity contribution is 8.00. The molecule has 0 radical (unpaired) electrons. The number of amides is 2. The van der Waals surface area contributed by atoms with E-state index < -0.39 is 4.75 Å². The lowest BCUT2D eigenvalue weighted by molar-refractivity contribution is -0.132. The van der Waals surface area contributed by atoms with E-state index in [4.69, 9.17) is 0 Å². The third kappa shape index (κ3) is 6.43. The maximum atomic E-state index is 13.7. The number of hydrogen-bond donors (Lipinski definition) is 2. The molecule has 2 aromatic heterocycles. The van der Waals surface area contributed by atoms with Gasteiger partial charge < -0.3 is 15.1 Å². The third-order valence-corrected chi connectivity index (χ3v) is 10.4. The molecule has 3 aromatic carbocycles. The molecule has 2 fully saturated rings. The molecule has 0 saturated carbocycles. The molecule has 2 N–H and O–H groups in total. The molecule has 240 valence electrons. The van der Waals surface area contributed by atoms with Gasteiger partial charge in [-0.3, -0.25) is 19.6 Å². The fraction of sp³-hybridized carbons (Fsp3) is 0.286. The highest BCUT2D eigenvalue weighted by atomic mass is 32.2. The first-order valence-electron chi connectivity index (χ1n) is 15.6. The summed E-state index contributed by atoms with van der Waals surface area (Å²) in [6, 6.07) is 21.8. The van der Waals surface area contributed by atoms with Gasteiger partial charge in [0.25, 0.3) is 0 Å². The normalized spacial score (nSPS) is 18.5. The Bertz CT molecular complexity index is 1880. The minimum absolute atomic E-state index is 0.0791. The van der Waals surface area contributed by atoms with E-state index >= 15 is 0 Å². The zero-order valence-electron chi connectivity index (χ0n) is 26.0. The van der Waals surface area contributed by atoms with E-state index in [1.165, 1.54) is 23.9 Å². The first-order chi connectivity index (χ1) is 22.9. The summed E-state index contributed by atoms with van der Waals surface area (Å²) in [4.78, 5) is 42.0. The Kier molecular flexibility index (Phi) is 8.61. The van der Waals surface area contributed by atoms with Crippen molar-refractivity contribution in [3.05, 3.63) is 91.0 Å². The summed E-state index contributed by atoms with van der Waals surface area (Å²) in [6.45, 7) is 4.29. The van der Waals surface area contributed by atoms with Crippen molar-refractivity contribution in [2.45, 2.75) is 11.2 Å². The minimum atomic E-state index is -0.666. The highest BCUT2D eigenvalue weighted by Crippen LogP contribution is 2.36. The van der Waals surface area contributed by atoms with E-state index in [2.05, 4.69) is 47.4 Å². The van der Waals surface area contributed by atoms with Crippen LogP contribution in [0.5, 0.6) is 0 Å². The van der Waals surface area contributed by atoms with Crippen LogP contribution in [0.25, 0.3) is 33.5 Å². The molecule has 2 aliphatic rings. The first-order valence-corrected chi connectivity index (χ1v) is 16.9. The fourth-order valence-electron chi connectivity index (χ4n) is 6.38. The fourth-order valence-corrected chi connectivity index (χ4v) is 7.22. The SMILES string of the molecule is CSC1(C(=O)Nc2ccc3[nH]nc(-c4ccc(F)cc4)c3c2)CCN(CC(=O)N2CCN(c3ccc(-c4ncccn4)cc3)CC2)C1. The van der Waals surface area contributed by atoms with Crippen molar-refractivity contribution in [2.75, 3.05) is 62.3 Å². The van der Waals surface area contributed by atoms with E-state index in [-0.39, 0.29) is 17.6 Å². The number of carbonyl (C=O) groups is 2. The Morgan fingerprint density at radius 1 is 0.936 bits per heavy atom. The van der Waals surface area contributed by atoms with Crippen LogP contribution in [0, 0.1) is 5.82 Å². The average Bonchev–Trinajstić information content (AvgIpc) is 3.74. The Hall–Kier alpha value is -4.81. The number of benzene rings is 3.